The van der Waals surface area contributed by atoms with E-state index in [1.54, 1.807) is 18.2 Å². The van der Waals surface area contributed by atoms with E-state index in [4.69, 9.17) is 0 Å². The van der Waals surface area contributed by atoms with Crippen molar-refractivity contribution in [1.82, 2.24) is 20.1 Å². The van der Waals surface area contributed by atoms with E-state index in [1.807, 2.05) is 41.8 Å². The molecule has 1 aromatic heterocycles. The molecule has 1 heterocycles. The lowest BCUT2D eigenvalue weighted by Gasteiger charge is -2.14. The van der Waals surface area contributed by atoms with Crippen LogP contribution in [0.1, 0.15) is 18.5 Å². The largest absolute Gasteiger partial charge is 0.435 e. The Morgan fingerprint density at radius 3 is 2.55 bits per heavy atom. The van der Waals surface area contributed by atoms with Gasteiger partial charge in [-0.15, -0.1) is 16.8 Å². The fraction of sp³-hybridized carbons (Fsp3) is 0.227. The van der Waals surface area contributed by atoms with Crippen molar-refractivity contribution in [3.63, 3.8) is 0 Å². The first-order valence-electron chi connectivity index (χ1n) is 9.54. The molecule has 3 aromatic rings. The Labute approximate surface area is 183 Å². The van der Waals surface area contributed by atoms with Crippen LogP contribution in [0.3, 0.4) is 0 Å². The molecule has 31 heavy (non-hydrogen) atoms. The van der Waals surface area contributed by atoms with Crippen LogP contribution < -0.4 is 10.1 Å². The van der Waals surface area contributed by atoms with Crippen molar-refractivity contribution in [2.45, 2.75) is 31.3 Å². The molecule has 0 saturated heterocycles. The summed E-state index contributed by atoms with van der Waals surface area (Å²) in [6.45, 7) is 3.24. The number of aromatic nitrogens is 3. The highest BCUT2D eigenvalue weighted by molar-refractivity contribution is 7.99. The van der Waals surface area contributed by atoms with Crippen LogP contribution in [0.25, 0.3) is 11.4 Å². The van der Waals surface area contributed by atoms with E-state index in [2.05, 4.69) is 26.8 Å². The van der Waals surface area contributed by atoms with Crippen LogP contribution in [0, 0.1) is 0 Å². The molecule has 0 radical (unpaired) electrons. The minimum Gasteiger partial charge on any atom is -0.435 e. The average Bonchev–Trinajstić information content (AvgIpc) is 3.16. The molecule has 1 amide bonds. The van der Waals surface area contributed by atoms with Crippen LogP contribution in [0.15, 0.2) is 72.4 Å². The second-order valence-electron chi connectivity index (χ2n) is 6.60. The fourth-order valence-corrected chi connectivity index (χ4v) is 3.69. The number of alkyl halides is 2. The molecule has 0 bridgehead atoms. The third-order valence-electron chi connectivity index (χ3n) is 4.38. The highest BCUT2D eigenvalue weighted by Gasteiger charge is 2.16. The SMILES string of the molecule is C=CCn1c(SCC(=O)NC(C)c2ccccc2)nnc1-c1ccc(OC(F)F)cc1. The molecule has 0 saturated carbocycles. The van der Waals surface area contributed by atoms with Gasteiger partial charge >= 0.3 is 6.61 Å². The van der Waals surface area contributed by atoms with Gasteiger partial charge in [-0.1, -0.05) is 48.2 Å². The van der Waals surface area contributed by atoms with Crippen LogP contribution in [0.4, 0.5) is 8.78 Å². The molecular formula is C22H22F2N4O2S. The maximum absolute atomic E-state index is 12.4. The van der Waals surface area contributed by atoms with Crippen LogP contribution in [0.2, 0.25) is 0 Å². The van der Waals surface area contributed by atoms with Gasteiger partial charge in [0.2, 0.25) is 5.91 Å². The molecule has 6 nitrogen and oxygen atoms in total. The third-order valence-corrected chi connectivity index (χ3v) is 5.34. The Balaban J connectivity index is 1.67. The summed E-state index contributed by atoms with van der Waals surface area (Å²) in [5, 5.41) is 11.9. The lowest BCUT2D eigenvalue weighted by Crippen LogP contribution is -2.28. The zero-order chi connectivity index (χ0) is 22.2. The average molecular weight is 445 g/mol. The summed E-state index contributed by atoms with van der Waals surface area (Å²) in [6.07, 6.45) is 1.70. The number of hydrogen-bond acceptors (Lipinski definition) is 5. The van der Waals surface area contributed by atoms with Gasteiger partial charge in [0.05, 0.1) is 11.8 Å². The number of allylic oxidation sites excluding steroid dienone is 1. The van der Waals surface area contributed by atoms with Crippen molar-refractivity contribution < 1.29 is 18.3 Å². The van der Waals surface area contributed by atoms with Crippen LogP contribution >= 0.6 is 11.8 Å². The maximum Gasteiger partial charge on any atom is 0.387 e. The predicted octanol–water partition coefficient (Wildman–Crippen LogP) is 4.70. The van der Waals surface area contributed by atoms with E-state index in [-0.39, 0.29) is 23.5 Å². The number of hydrogen-bond donors (Lipinski definition) is 1. The van der Waals surface area contributed by atoms with Crippen LogP contribution in [0.5, 0.6) is 5.75 Å². The van der Waals surface area contributed by atoms with E-state index >= 15 is 0 Å². The molecule has 2 aromatic carbocycles. The van der Waals surface area contributed by atoms with Crippen molar-refractivity contribution in [3.05, 3.63) is 72.8 Å². The Hall–Kier alpha value is -3.20. The highest BCUT2D eigenvalue weighted by Crippen LogP contribution is 2.26. The predicted molar refractivity (Wildman–Crippen MR) is 116 cm³/mol. The highest BCUT2D eigenvalue weighted by atomic mass is 32.2. The molecule has 1 atom stereocenters. The molecule has 3 rings (SSSR count). The lowest BCUT2D eigenvalue weighted by molar-refractivity contribution is -0.119. The van der Waals surface area contributed by atoms with Gasteiger partial charge in [-0.3, -0.25) is 9.36 Å². The Kier molecular flexibility index (Phi) is 7.77. The summed E-state index contributed by atoms with van der Waals surface area (Å²) >= 11 is 1.27. The van der Waals surface area contributed by atoms with Gasteiger partial charge in [0.25, 0.3) is 0 Å². The normalized spacial score (nSPS) is 11.9. The Morgan fingerprint density at radius 1 is 1.19 bits per heavy atom. The van der Waals surface area contributed by atoms with E-state index in [0.29, 0.717) is 23.1 Å². The number of thioether (sulfide) groups is 1. The van der Waals surface area contributed by atoms with Gasteiger partial charge in [0, 0.05) is 12.1 Å². The molecule has 0 spiro atoms. The summed E-state index contributed by atoms with van der Waals surface area (Å²) in [5.74, 6) is 0.661. The number of nitrogens with one attached hydrogen (secondary N) is 1. The molecule has 0 aliphatic rings. The molecule has 162 valence electrons. The van der Waals surface area contributed by atoms with Gasteiger partial charge in [0.1, 0.15) is 5.75 Å². The first-order chi connectivity index (χ1) is 15.0. The summed E-state index contributed by atoms with van der Waals surface area (Å²) in [5.41, 5.74) is 1.71. The Bertz CT molecular complexity index is 1010. The van der Waals surface area contributed by atoms with E-state index in [9.17, 15) is 13.6 Å². The molecule has 1 unspecified atom stereocenters. The van der Waals surface area contributed by atoms with E-state index in [1.165, 1.54) is 23.9 Å². The molecule has 0 aliphatic carbocycles. The summed E-state index contributed by atoms with van der Waals surface area (Å²) in [7, 11) is 0. The summed E-state index contributed by atoms with van der Waals surface area (Å²) in [6, 6.07) is 15.7. The van der Waals surface area contributed by atoms with Gasteiger partial charge in [-0.25, -0.2) is 0 Å². The number of ether oxygens (including phenoxy) is 1. The first-order valence-corrected chi connectivity index (χ1v) is 10.5. The monoisotopic (exact) mass is 444 g/mol. The van der Waals surface area contributed by atoms with Gasteiger partial charge in [-0.2, -0.15) is 8.78 Å². The van der Waals surface area contributed by atoms with Crippen molar-refractivity contribution in [3.8, 4) is 17.1 Å². The first kappa shape index (κ1) is 22.5. The standard InChI is InChI=1S/C22H22F2N4O2S/c1-3-13-28-20(17-9-11-18(12-10-17)30-21(23)24)26-27-22(28)31-14-19(29)25-15(2)16-7-5-4-6-8-16/h3-12,15,21H,1,13-14H2,2H3,(H,25,29). The van der Waals surface area contributed by atoms with Crippen molar-refractivity contribution in [1.29, 1.82) is 0 Å². The zero-order valence-electron chi connectivity index (χ0n) is 16.9. The smallest absolute Gasteiger partial charge is 0.387 e. The number of carbonyl (C=O) groups excluding carboxylic acids is 1. The maximum atomic E-state index is 12.4. The van der Waals surface area contributed by atoms with Crippen molar-refractivity contribution in [2.24, 2.45) is 0 Å². The zero-order valence-corrected chi connectivity index (χ0v) is 17.7. The van der Waals surface area contributed by atoms with Gasteiger partial charge < -0.3 is 10.1 Å². The van der Waals surface area contributed by atoms with E-state index < -0.39 is 6.61 Å². The second kappa shape index (κ2) is 10.7. The van der Waals surface area contributed by atoms with Crippen molar-refractivity contribution in [2.75, 3.05) is 5.75 Å². The lowest BCUT2D eigenvalue weighted by atomic mass is 10.1. The van der Waals surface area contributed by atoms with Crippen LogP contribution in [-0.4, -0.2) is 33.0 Å². The van der Waals surface area contributed by atoms with Gasteiger partial charge in [-0.05, 0) is 36.8 Å². The number of benzene rings is 2. The Morgan fingerprint density at radius 2 is 1.90 bits per heavy atom. The van der Waals surface area contributed by atoms with Gasteiger partial charge in [0.15, 0.2) is 11.0 Å². The molecule has 1 N–H and O–H groups in total. The molecular weight excluding hydrogens is 422 g/mol. The summed E-state index contributed by atoms with van der Waals surface area (Å²) < 4.78 is 30.9. The van der Waals surface area contributed by atoms with Crippen molar-refractivity contribution >= 4 is 17.7 Å². The molecule has 0 aliphatic heterocycles. The second-order valence-corrected chi connectivity index (χ2v) is 7.54. The minimum atomic E-state index is -2.88. The number of rotatable bonds is 10. The number of nitrogens with zero attached hydrogens (tertiary/aromatic N) is 3. The van der Waals surface area contributed by atoms with Crippen LogP contribution in [-0.2, 0) is 11.3 Å². The molecule has 0 fully saturated rings. The van der Waals surface area contributed by atoms with E-state index in [0.717, 1.165) is 5.56 Å². The quantitative estimate of drug-likeness (QED) is 0.363. The summed E-state index contributed by atoms with van der Waals surface area (Å²) in [4.78, 5) is 12.4. The topological polar surface area (TPSA) is 69.0 Å². The number of amides is 1. The number of halogens is 2. The minimum absolute atomic E-state index is 0.0624. The fourth-order valence-electron chi connectivity index (χ4n) is 2.93. The molecule has 9 heteroatoms. The number of carbonyl (C=O) groups is 1. The third kappa shape index (κ3) is 6.14.